The molecule has 3 rings (SSSR count). The number of rotatable bonds is 17. The van der Waals surface area contributed by atoms with E-state index in [1.165, 1.54) is 83.5 Å². The van der Waals surface area contributed by atoms with Crippen molar-refractivity contribution in [1.29, 1.82) is 0 Å². The Morgan fingerprint density at radius 1 is 0.861 bits per heavy atom. The zero-order valence-corrected chi connectivity index (χ0v) is 23.2. The number of aliphatic imine (C=N–C) groups is 1. The van der Waals surface area contributed by atoms with Crippen LogP contribution in [-0.4, -0.2) is 28.9 Å². The normalized spacial score (nSPS) is 18.0. The predicted molar refractivity (Wildman–Crippen MR) is 158 cm³/mol. The fraction of sp³-hybridized carbons (Fsp3) is 0.562. The smallest absolute Gasteiger partial charge is 0.261 e. The summed E-state index contributed by atoms with van der Waals surface area (Å²) in [5, 5.41) is 0. The lowest BCUT2D eigenvalue weighted by molar-refractivity contribution is -0.124. The molecule has 0 bridgehead atoms. The highest BCUT2D eigenvalue weighted by molar-refractivity contribution is 8.04. The maximum atomic E-state index is 13.0. The number of para-hydroxylation sites is 1. The van der Waals surface area contributed by atoms with E-state index in [2.05, 4.69) is 25.2 Å². The summed E-state index contributed by atoms with van der Waals surface area (Å²) < 4.78 is 0. The third-order valence-electron chi connectivity index (χ3n) is 7.02. The van der Waals surface area contributed by atoms with E-state index in [9.17, 15) is 4.79 Å². The van der Waals surface area contributed by atoms with Crippen LogP contribution in [0.5, 0.6) is 0 Å². The Morgan fingerprint density at radius 3 is 2.11 bits per heavy atom. The molecule has 1 heterocycles. The van der Waals surface area contributed by atoms with Crippen molar-refractivity contribution in [3.63, 3.8) is 0 Å². The average Bonchev–Trinajstić information content (AvgIpc) is 3.24. The number of unbranched alkanes of at least 4 members (excludes halogenated alkanes) is 13. The number of benzene rings is 1. The Morgan fingerprint density at radius 2 is 1.47 bits per heavy atom. The molecule has 0 aromatic heterocycles. The van der Waals surface area contributed by atoms with Gasteiger partial charge in [0, 0.05) is 13.0 Å². The van der Waals surface area contributed by atoms with Crippen molar-refractivity contribution >= 4 is 29.1 Å². The highest BCUT2D eigenvalue weighted by Crippen LogP contribution is 2.31. The molecule has 2 aliphatic rings. The van der Waals surface area contributed by atoms with Crippen molar-refractivity contribution in [1.82, 2.24) is 4.90 Å². The van der Waals surface area contributed by atoms with E-state index in [4.69, 9.17) is 4.99 Å². The summed E-state index contributed by atoms with van der Waals surface area (Å²) in [6.07, 6.45) is 28.1. The van der Waals surface area contributed by atoms with Crippen LogP contribution >= 0.6 is 11.8 Å². The van der Waals surface area contributed by atoms with Crippen LogP contribution in [0.2, 0.25) is 0 Å². The van der Waals surface area contributed by atoms with Crippen molar-refractivity contribution in [2.24, 2.45) is 4.99 Å². The summed E-state index contributed by atoms with van der Waals surface area (Å²) in [6.45, 7) is 3.16. The van der Waals surface area contributed by atoms with Crippen molar-refractivity contribution in [3.8, 4) is 0 Å². The summed E-state index contributed by atoms with van der Waals surface area (Å²) in [5.41, 5.74) is 3.03. The first-order valence-electron chi connectivity index (χ1n) is 14.4. The molecule has 0 saturated carbocycles. The van der Waals surface area contributed by atoms with Crippen LogP contribution in [0.3, 0.4) is 0 Å². The molecule has 1 amide bonds. The van der Waals surface area contributed by atoms with Gasteiger partial charge in [0.2, 0.25) is 0 Å². The van der Waals surface area contributed by atoms with Crippen LogP contribution in [0.15, 0.2) is 70.1 Å². The van der Waals surface area contributed by atoms with Gasteiger partial charge >= 0.3 is 0 Å². The number of allylic oxidation sites excluding steroid dienone is 5. The minimum absolute atomic E-state index is 0.184. The van der Waals surface area contributed by atoms with Gasteiger partial charge in [0.05, 0.1) is 22.2 Å². The highest BCUT2D eigenvalue weighted by Gasteiger charge is 2.26. The molecule has 1 fully saturated rings. The third-order valence-corrected chi connectivity index (χ3v) is 8.06. The zero-order valence-electron chi connectivity index (χ0n) is 22.4. The molecule has 0 N–H and O–H groups in total. The molecule has 1 aliphatic carbocycles. The molecule has 1 aliphatic heterocycles. The van der Waals surface area contributed by atoms with E-state index in [1.807, 2.05) is 41.3 Å². The molecule has 0 unspecified atom stereocenters. The summed E-state index contributed by atoms with van der Waals surface area (Å²) in [7, 11) is 0. The van der Waals surface area contributed by atoms with Gasteiger partial charge in [-0.15, -0.1) is 0 Å². The number of thioether (sulfide) groups is 1. The second-order valence-electron chi connectivity index (χ2n) is 10.1. The maximum absolute atomic E-state index is 13.0. The summed E-state index contributed by atoms with van der Waals surface area (Å²) >= 11 is 1.66. The Balaban J connectivity index is 1.29. The van der Waals surface area contributed by atoms with Gasteiger partial charge in [0.25, 0.3) is 5.91 Å². The topological polar surface area (TPSA) is 32.7 Å². The SMILES string of the molecule is CCCCCCCCCCCCCCCCN1CSC(=CC2=CC=CCC2=Nc2ccccc2)C1=O. The van der Waals surface area contributed by atoms with Crippen LogP contribution in [0.4, 0.5) is 5.69 Å². The average molecular weight is 507 g/mol. The zero-order chi connectivity index (χ0) is 25.3. The fourth-order valence-electron chi connectivity index (χ4n) is 4.80. The van der Waals surface area contributed by atoms with E-state index in [0.717, 1.165) is 47.1 Å². The first kappa shape index (κ1) is 28.5. The van der Waals surface area contributed by atoms with E-state index in [0.29, 0.717) is 0 Å². The number of nitrogens with zero attached hydrogens (tertiary/aromatic N) is 2. The van der Waals surface area contributed by atoms with Crippen molar-refractivity contribution < 1.29 is 4.79 Å². The summed E-state index contributed by atoms with van der Waals surface area (Å²) in [4.78, 5) is 20.7. The fourth-order valence-corrected chi connectivity index (χ4v) is 5.80. The van der Waals surface area contributed by atoms with Gasteiger partial charge in [0.15, 0.2) is 0 Å². The lowest BCUT2D eigenvalue weighted by atomic mass is 10.0. The molecular formula is C32H46N2OS. The van der Waals surface area contributed by atoms with E-state index >= 15 is 0 Å². The minimum Gasteiger partial charge on any atom is -0.329 e. The number of hydrogen-bond donors (Lipinski definition) is 0. The Kier molecular flexibility index (Phi) is 13.8. The molecule has 0 spiro atoms. The molecule has 4 heteroatoms. The third kappa shape index (κ3) is 10.5. The number of carbonyl (C=O) groups is 1. The molecule has 3 nitrogen and oxygen atoms in total. The second kappa shape index (κ2) is 17.4. The number of amides is 1. The Hall–Kier alpha value is -2.07. The van der Waals surface area contributed by atoms with Crippen LogP contribution in [0, 0.1) is 0 Å². The van der Waals surface area contributed by atoms with E-state index in [1.54, 1.807) is 11.8 Å². The van der Waals surface area contributed by atoms with Crippen LogP contribution < -0.4 is 0 Å². The number of hydrogen-bond acceptors (Lipinski definition) is 3. The van der Waals surface area contributed by atoms with Gasteiger partial charge in [-0.25, -0.2) is 0 Å². The Bertz CT molecular complexity index is 900. The minimum atomic E-state index is 0.184. The van der Waals surface area contributed by atoms with E-state index in [-0.39, 0.29) is 5.91 Å². The van der Waals surface area contributed by atoms with Crippen LogP contribution in [0.25, 0.3) is 0 Å². The Labute approximate surface area is 224 Å². The second-order valence-corrected chi connectivity index (χ2v) is 11.1. The van der Waals surface area contributed by atoms with Gasteiger partial charge in [-0.2, -0.15) is 0 Å². The van der Waals surface area contributed by atoms with Crippen molar-refractivity contribution in [3.05, 3.63) is 65.1 Å². The summed E-state index contributed by atoms with van der Waals surface area (Å²) in [6, 6.07) is 10.0. The van der Waals surface area contributed by atoms with Gasteiger partial charge in [-0.1, -0.05) is 139 Å². The molecule has 0 radical (unpaired) electrons. The molecule has 0 atom stereocenters. The lowest BCUT2D eigenvalue weighted by Gasteiger charge is -2.14. The molecule has 1 aromatic rings. The largest absolute Gasteiger partial charge is 0.329 e. The molecule has 36 heavy (non-hydrogen) atoms. The first-order valence-corrected chi connectivity index (χ1v) is 15.4. The highest BCUT2D eigenvalue weighted by atomic mass is 32.2. The quantitative estimate of drug-likeness (QED) is 0.156. The molecule has 196 valence electrons. The van der Waals surface area contributed by atoms with E-state index < -0.39 is 0 Å². The molecular weight excluding hydrogens is 460 g/mol. The first-order chi connectivity index (χ1) is 17.8. The van der Waals surface area contributed by atoms with Gasteiger partial charge in [-0.05, 0) is 30.2 Å². The molecule has 1 aromatic carbocycles. The van der Waals surface area contributed by atoms with Crippen molar-refractivity contribution in [2.75, 3.05) is 12.4 Å². The monoisotopic (exact) mass is 506 g/mol. The molecule has 1 saturated heterocycles. The van der Waals surface area contributed by atoms with Gasteiger partial charge < -0.3 is 4.90 Å². The van der Waals surface area contributed by atoms with Gasteiger partial charge in [0.1, 0.15) is 0 Å². The van der Waals surface area contributed by atoms with Crippen LogP contribution in [-0.2, 0) is 4.79 Å². The van der Waals surface area contributed by atoms with Crippen molar-refractivity contribution in [2.45, 2.75) is 103 Å². The standard InChI is InChI=1S/C32H46N2OS/c1-2-3-4-5-6-7-8-9-10-11-12-13-14-20-25-34-27-36-31(32(34)35)26-28-21-18-19-24-30(28)33-29-22-16-15-17-23-29/h15-19,21-23,26H,2-14,20,24-25,27H2,1H3. The van der Waals surface area contributed by atoms with Gasteiger partial charge in [-0.3, -0.25) is 9.79 Å². The lowest BCUT2D eigenvalue weighted by Crippen LogP contribution is -2.26. The van der Waals surface area contributed by atoms with Crippen LogP contribution in [0.1, 0.15) is 103 Å². The summed E-state index contributed by atoms with van der Waals surface area (Å²) in [5.74, 6) is 0.960. The predicted octanol–water partition coefficient (Wildman–Crippen LogP) is 9.54. The number of carbonyl (C=O) groups excluding carboxylic acids is 1. The maximum Gasteiger partial charge on any atom is 0.261 e.